The molecule has 24 heavy (non-hydrogen) atoms. The average Bonchev–Trinajstić information content (AvgIpc) is 2.54. The molecule has 0 unspecified atom stereocenters. The summed E-state index contributed by atoms with van der Waals surface area (Å²) in [4.78, 5) is 29.4. The van der Waals surface area contributed by atoms with Gasteiger partial charge in [0.05, 0.1) is 11.0 Å². The Bertz CT molecular complexity index is 996. The molecule has 1 aromatic heterocycles. The van der Waals surface area contributed by atoms with Gasteiger partial charge in [0.2, 0.25) is 0 Å². The zero-order valence-electron chi connectivity index (χ0n) is 14.2. The van der Waals surface area contributed by atoms with Gasteiger partial charge in [0.1, 0.15) is 0 Å². The summed E-state index contributed by atoms with van der Waals surface area (Å²) in [7, 11) is 1.64. The van der Waals surface area contributed by atoms with Crippen LogP contribution in [0.15, 0.2) is 41.2 Å². The second-order valence-corrected chi connectivity index (χ2v) is 6.04. The van der Waals surface area contributed by atoms with E-state index in [1.54, 1.807) is 19.2 Å². The van der Waals surface area contributed by atoms with Crippen LogP contribution in [0.4, 0.5) is 5.69 Å². The van der Waals surface area contributed by atoms with E-state index in [0.29, 0.717) is 11.0 Å². The molecule has 122 valence electrons. The fraction of sp³-hybridized carbons (Fsp3) is 0.211. The van der Waals surface area contributed by atoms with Gasteiger partial charge in [-0.2, -0.15) is 0 Å². The van der Waals surface area contributed by atoms with Crippen LogP contribution in [-0.2, 0) is 7.05 Å². The van der Waals surface area contributed by atoms with E-state index in [0.717, 1.165) is 22.4 Å². The number of nitrogens with zero attached hydrogens (tertiary/aromatic N) is 2. The number of aryl methyl sites for hydroxylation is 4. The first-order valence-electron chi connectivity index (χ1n) is 7.73. The Morgan fingerprint density at radius 1 is 1.08 bits per heavy atom. The molecule has 5 nitrogen and oxygen atoms in total. The molecule has 1 N–H and O–H groups in total. The van der Waals surface area contributed by atoms with Crippen LogP contribution in [0.3, 0.4) is 0 Å². The van der Waals surface area contributed by atoms with Gasteiger partial charge in [0, 0.05) is 12.7 Å². The third kappa shape index (κ3) is 2.69. The smallest absolute Gasteiger partial charge is 0.282 e. The maximum atomic E-state index is 12.6. The van der Waals surface area contributed by atoms with Crippen molar-refractivity contribution in [3.05, 3.63) is 69.1 Å². The number of nitrogens with one attached hydrogen (secondary N) is 1. The van der Waals surface area contributed by atoms with Crippen LogP contribution < -0.4 is 10.9 Å². The van der Waals surface area contributed by atoms with Gasteiger partial charge in [-0.1, -0.05) is 29.8 Å². The highest BCUT2D eigenvalue weighted by atomic mass is 16.2. The van der Waals surface area contributed by atoms with Crippen molar-refractivity contribution in [1.82, 2.24) is 9.55 Å². The van der Waals surface area contributed by atoms with Gasteiger partial charge in [-0.25, -0.2) is 4.98 Å². The van der Waals surface area contributed by atoms with Gasteiger partial charge >= 0.3 is 0 Å². The van der Waals surface area contributed by atoms with Gasteiger partial charge in [-0.05, 0) is 44.0 Å². The van der Waals surface area contributed by atoms with Crippen molar-refractivity contribution in [1.29, 1.82) is 0 Å². The van der Waals surface area contributed by atoms with E-state index in [-0.39, 0.29) is 5.69 Å². The van der Waals surface area contributed by atoms with Crippen molar-refractivity contribution in [3.8, 4) is 0 Å². The third-order valence-electron chi connectivity index (χ3n) is 4.11. The van der Waals surface area contributed by atoms with E-state index in [4.69, 9.17) is 0 Å². The van der Waals surface area contributed by atoms with E-state index >= 15 is 0 Å². The molecule has 0 fully saturated rings. The van der Waals surface area contributed by atoms with Gasteiger partial charge in [-0.3, -0.25) is 9.59 Å². The third-order valence-corrected chi connectivity index (χ3v) is 4.11. The normalized spacial score (nSPS) is 10.8. The summed E-state index contributed by atoms with van der Waals surface area (Å²) < 4.78 is 1.45. The molecule has 3 aromatic rings. The lowest BCUT2D eigenvalue weighted by Gasteiger charge is -2.13. The monoisotopic (exact) mass is 321 g/mol. The van der Waals surface area contributed by atoms with E-state index in [9.17, 15) is 9.59 Å². The molecule has 0 spiro atoms. The van der Waals surface area contributed by atoms with Crippen molar-refractivity contribution in [3.63, 3.8) is 0 Å². The number of hydrogen-bond donors (Lipinski definition) is 1. The van der Waals surface area contributed by atoms with Crippen LogP contribution in [0, 0.1) is 20.8 Å². The van der Waals surface area contributed by atoms with Crippen molar-refractivity contribution in [2.45, 2.75) is 20.8 Å². The fourth-order valence-electron chi connectivity index (χ4n) is 2.98. The standard InChI is InChI=1S/C19H19N3O2/c1-11-9-12(2)16(13(3)10-11)21-18(23)17-19(24)22(4)15-8-6-5-7-14(15)20-17/h5-10H,1-4H3,(H,21,23). The highest BCUT2D eigenvalue weighted by Crippen LogP contribution is 2.22. The Hall–Kier alpha value is -2.95. The van der Waals surface area contributed by atoms with E-state index < -0.39 is 11.5 Å². The molecule has 5 heteroatoms. The molecule has 0 bridgehead atoms. The van der Waals surface area contributed by atoms with E-state index in [1.165, 1.54) is 4.57 Å². The Morgan fingerprint density at radius 2 is 1.71 bits per heavy atom. The minimum atomic E-state index is -0.489. The minimum Gasteiger partial charge on any atom is -0.320 e. The minimum absolute atomic E-state index is 0.101. The molecule has 3 rings (SSSR count). The molecule has 0 atom stereocenters. The predicted molar refractivity (Wildman–Crippen MR) is 95.6 cm³/mol. The SMILES string of the molecule is Cc1cc(C)c(NC(=O)c2nc3ccccc3n(C)c2=O)c(C)c1. The molecule has 0 aliphatic carbocycles. The number of amides is 1. The number of hydrogen-bond acceptors (Lipinski definition) is 3. The second kappa shape index (κ2) is 5.92. The second-order valence-electron chi connectivity index (χ2n) is 6.04. The van der Waals surface area contributed by atoms with Crippen molar-refractivity contribution in [2.24, 2.45) is 7.05 Å². The Morgan fingerprint density at radius 3 is 2.38 bits per heavy atom. The van der Waals surface area contributed by atoms with Crippen LogP contribution in [0.1, 0.15) is 27.2 Å². The van der Waals surface area contributed by atoms with Crippen LogP contribution in [0.2, 0.25) is 0 Å². The maximum Gasteiger partial charge on any atom is 0.282 e. The Kier molecular flexibility index (Phi) is 3.93. The summed E-state index contributed by atoms with van der Waals surface area (Å²) in [5.41, 5.74) is 4.57. The first-order chi connectivity index (χ1) is 11.4. The molecule has 0 aliphatic rings. The molecule has 1 heterocycles. The van der Waals surface area contributed by atoms with Gasteiger partial charge in [0.25, 0.3) is 11.5 Å². The fourth-order valence-corrected chi connectivity index (χ4v) is 2.98. The Balaban J connectivity index is 2.07. The van der Waals surface area contributed by atoms with Crippen molar-refractivity contribution < 1.29 is 4.79 Å². The zero-order valence-corrected chi connectivity index (χ0v) is 14.2. The number of carbonyl (C=O) groups excluding carboxylic acids is 1. The van der Waals surface area contributed by atoms with Gasteiger partial charge in [-0.15, -0.1) is 0 Å². The molecule has 2 aromatic carbocycles. The predicted octanol–water partition coefficient (Wildman–Crippen LogP) is 3.11. The molecule has 1 amide bonds. The maximum absolute atomic E-state index is 12.6. The summed E-state index contributed by atoms with van der Waals surface area (Å²) in [6, 6.07) is 11.2. The first kappa shape index (κ1) is 15.9. The number of carbonyl (C=O) groups is 1. The van der Waals surface area contributed by atoms with Crippen LogP contribution >= 0.6 is 0 Å². The average molecular weight is 321 g/mol. The lowest BCUT2D eigenvalue weighted by Crippen LogP contribution is -2.30. The molecular weight excluding hydrogens is 302 g/mol. The summed E-state index contributed by atoms with van der Waals surface area (Å²) in [6.45, 7) is 5.87. The molecule has 0 radical (unpaired) electrons. The molecule has 0 saturated heterocycles. The van der Waals surface area contributed by atoms with Crippen molar-refractivity contribution >= 4 is 22.6 Å². The number of para-hydroxylation sites is 2. The van der Waals surface area contributed by atoms with Crippen LogP contribution in [-0.4, -0.2) is 15.5 Å². The first-order valence-corrected chi connectivity index (χ1v) is 7.73. The summed E-state index contributed by atoms with van der Waals surface area (Å²) in [5, 5.41) is 2.84. The summed E-state index contributed by atoms with van der Waals surface area (Å²) in [5.74, 6) is -0.489. The summed E-state index contributed by atoms with van der Waals surface area (Å²) in [6.07, 6.45) is 0. The molecular formula is C19H19N3O2. The Labute approximate surface area is 140 Å². The topological polar surface area (TPSA) is 64.0 Å². The molecule has 0 saturated carbocycles. The molecule has 0 aliphatic heterocycles. The lowest BCUT2D eigenvalue weighted by molar-refractivity contribution is 0.102. The number of benzene rings is 2. The zero-order chi connectivity index (χ0) is 17.4. The number of rotatable bonds is 2. The number of aromatic nitrogens is 2. The van der Waals surface area contributed by atoms with Gasteiger partial charge < -0.3 is 9.88 Å². The number of fused-ring (bicyclic) bond motifs is 1. The van der Waals surface area contributed by atoms with E-state index in [1.807, 2.05) is 45.0 Å². The largest absolute Gasteiger partial charge is 0.320 e. The highest BCUT2D eigenvalue weighted by Gasteiger charge is 2.17. The quantitative estimate of drug-likeness (QED) is 0.789. The van der Waals surface area contributed by atoms with Gasteiger partial charge in [0.15, 0.2) is 5.69 Å². The van der Waals surface area contributed by atoms with Crippen LogP contribution in [0.25, 0.3) is 11.0 Å². The lowest BCUT2D eigenvalue weighted by atomic mass is 10.1. The van der Waals surface area contributed by atoms with Crippen LogP contribution in [0.5, 0.6) is 0 Å². The summed E-state index contributed by atoms with van der Waals surface area (Å²) >= 11 is 0. The van der Waals surface area contributed by atoms with Crippen molar-refractivity contribution in [2.75, 3.05) is 5.32 Å². The number of anilines is 1. The highest BCUT2D eigenvalue weighted by molar-refractivity contribution is 6.04. The van der Waals surface area contributed by atoms with E-state index in [2.05, 4.69) is 10.3 Å².